The Labute approximate surface area is 119 Å². The fraction of sp³-hybridized carbons (Fsp3) is 0.455. The Balaban J connectivity index is 3.51. The summed E-state index contributed by atoms with van der Waals surface area (Å²) in [6.07, 6.45) is 0. The topological polar surface area (TPSA) is 20.2 Å². The third kappa shape index (κ3) is 3.22. The van der Waals surface area contributed by atoms with Crippen molar-refractivity contribution in [3.63, 3.8) is 0 Å². The van der Waals surface area contributed by atoms with E-state index in [0.29, 0.717) is 11.1 Å². The van der Waals surface area contributed by atoms with Crippen molar-refractivity contribution in [1.29, 1.82) is 0 Å². The predicted molar refractivity (Wildman–Crippen MR) is 83.5 cm³/mol. The second-order valence-electron chi connectivity index (χ2n) is 4.25. The monoisotopic (exact) mass is 292 g/mol. The second kappa shape index (κ2) is 4.59. The number of hydrogen-bond donors (Lipinski definition) is 5. The van der Waals surface area contributed by atoms with Gasteiger partial charge in [-0.15, -0.1) is 0 Å². The maximum atomic E-state index is 10.2. The summed E-state index contributed by atoms with van der Waals surface area (Å²) in [7, 11) is 0. The zero-order valence-corrected chi connectivity index (χ0v) is 13.0. The summed E-state index contributed by atoms with van der Waals surface area (Å²) in [5.41, 5.74) is 2.36. The lowest BCUT2D eigenvalue weighted by Crippen LogP contribution is -2.11. The highest BCUT2D eigenvalue weighted by molar-refractivity contribution is 8.00. The highest BCUT2D eigenvalue weighted by Crippen LogP contribution is 2.45. The highest BCUT2D eigenvalue weighted by Gasteiger charge is 2.28. The van der Waals surface area contributed by atoms with Crippen LogP contribution >= 0.6 is 50.5 Å². The van der Waals surface area contributed by atoms with E-state index in [-0.39, 0.29) is 5.75 Å². The van der Waals surface area contributed by atoms with Crippen molar-refractivity contribution in [2.75, 3.05) is 0 Å². The molecule has 0 aromatic heterocycles. The average molecular weight is 293 g/mol. The molecule has 16 heavy (non-hydrogen) atoms. The van der Waals surface area contributed by atoms with Gasteiger partial charge in [-0.3, -0.25) is 0 Å². The molecule has 0 aliphatic rings. The van der Waals surface area contributed by atoms with E-state index in [1.54, 1.807) is 0 Å². The summed E-state index contributed by atoms with van der Waals surface area (Å²) in [6.45, 7) is 5.57. The first-order chi connectivity index (χ1) is 7.03. The van der Waals surface area contributed by atoms with Crippen LogP contribution in [-0.2, 0) is 8.16 Å². The van der Waals surface area contributed by atoms with Gasteiger partial charge in [0.2, 0.25) is 0 Å². The van der Waals surface area contributed by atoms with E-state index < -0.39 is 8.16 Å². The molecular weight excluding hydrogens is 276 g/mol. The van der Waals surface area contributed by atoms with E-state index >= 15 is 0 Å². The zero-order valence-electron chi connectivity index (χ0n) is 9.39. The van der Waals surface area contributed by atoms with Crippen LogP contribution in [0.3, 0.4) is 0 Å². The predicted octanol–water partition coefficient (Wildman–Crippen LogP) is 3.77. The van der Waals surface area contributed by atoms with Gasteiger partial charge in [-0.05, 0) is 20.8 Å². The summed E-state index contributed by atoms with van der Waals surface area (Å²) < 4.78 is -1.39. The number of phenolic OH excluding ortho intramolecular Hbond substituents is 1. The number of phenols is 1. The molecule has 0 saturated carbocycles. The molecule has 0 amide bonds. The Morgan fingerprint density at radius 2 is 1.25 bits per heavy atom. The molecule has 0 atom stereocenters. The van der Waals surface area contributed by atoms with Crippen molar-refractivity contribution in [3.05, 3.63) is 28.8 Å². The minimum Gasteiger partial charge on any atom is -0.507 e. The van der Waals surface area contributed by atoms with Gasteiger partial charge in [-0.25, -0.2) is 0 Å². The molecule has 5 heteroatoms. The molecule has 0 fully saturated rings. The first kappa shape index (κ1) is 14.5. The standard InChI is InChI=1S/C11H16OS4/c1-6-4-7(10(2,13)14)9(12)8(5-6)11(3,15)16/h4-5,12-16H,1-3H3. The van der Waals surface area contributed by atoms with Gasteiger partial charge in [0.25, 0.3) is 0 Å². The summed E-state index contributed by atoms with van der Waals surface area (Å²) in [4.78, 5) is 0. The van der Waals surface area contributed by atoms with Crippen molar-refractivity contribution in [1.82, 2.24) is 0 Å². The first-order valence-electron chi connectivity index (χ1n) is 4.77. The number of benzene rings is 1. The first-order valence-corrected chi connectivity index (χ1v) is 6.56. The summed E-state index contributed by atoms with van der Waals surface area (Å²) in [5, 5.41) is 10.2. The lowest BCUT2D eigenvalue weighted by molar-refractivity contribution is 0.459. The van der Waals surface area contributed by atoms with Crippen LogP contribution in [-0.4, -0.2) is 5.11 Å². The Kier molecular flexibility index (Phi) is 4.16. The van der Waals surface area contributed by atoms with Gasteiger partial charge in [-0.1, -0.05) is 17.7 Å². The quantitative estimate of drug-likeness (QED) is 0.415. The molecule has 90 valence electrons. The van der Waals surface area contributed by atoms with E-state index in [2.05, 4.69) is 50.5 Å². The maximum Gasteiger partial charge on any atom is 0.126 e. The van der Waals surface area contributed by atoms with Crippen molar-refractivity contribution in [3.8, 4) is 5.75 Å². The highest BCUT2D eigenvalue weighted by atomic mass is 32.2. The van der Waals surface area contributed by atoms with Crippen LogP contribution in [0.15, 0.2) is 12.1 Å². The van der Waals surface area contributed by atoms with Crippen LogP contribution in [0.2, 0.25) is 0 Å². The van der Waals surface area contributed by atoms with Gasteiger partial charge in [0.1, 0.15) is 5.75 Å². The van der Waals surface area contributed by atoms with Crippen molar-refractivity contribution in [2.45, 2.75) is 28.9 Å². The van der Waals surface area contributed by atoms with Crippen molar-refractivity contribution in [2.24, 2.45) is 0 Å². The molecule has 1 N–H and O–H groups in total. The van der Waals surface area contributed by atoms with E-state index in [4.69, 9.17) is 0 Å². The van der Waals surface area contributed by atoms with Gasteiger partial charge in [0.05, 0.1) is 8.16 Å². The molecule has 0 unspecified atom stereocenters. The number of aryl methyl sites for hydroxylation is 1. The third-order valence-corrected chi connectivity index (χ3v) is 3.24. The van der Waals surface area contributed by atoms with Gasteiger partial charge >= 0.3 is 0 Å². The number of hydrogen-bond acceptors (Lipinski definition) is 5. The van der Waals surface area contributed by atoms with E-state index in [1.165, 1.54) is 0 Å². The van der Waals surface area contributed by atoms with Crippen molar-refractivity contribution >= 4 is 50.5 Å². The molecule has 1 aromatic rings. The Hall–Kier alpha value is 0.420. The molecule has 0 saturated heterocycles. The molecule has 1 rings (SSSR count). The molecule has 1 nitrogen and oxygen atoms in total. The Morgan fingerprint density at radius 1 is 0.938 bits per heavy atom. The molecular formula is C11H16OS4. The summed E-state index contributed by atoms with van der Waals surface area (Å²) in [5.74, 6) is 0.158. The molecule has 0 radical (unpaired) electrons. The smallest absolute Gasteiger partial charge is 0.126 e. The largest absolute Gasteiger partial charge is 0.507 e. The number of aromatic hydroxyl groups is 1. The summed E-state index contributed by atoms with van der Waals surface area (Å²) in [6, 6.07) is 3.73. The molecule has 0 aliphatic heterocycles. The molecule has 0 spiro atoms. The van der Waals surface area contributed by atoms with Gasteiger partial charge in [0.15, 0.2) is 0 Å². The van der Waals surface area contributed by atoms with E-state index in [0.717, 1.165) is 5.56 Å². The Bertz CT molecular complexity index is 366. The van der Waals surface area contributed by atoms with Crippen molar-refractivity contribution < 1.29 is 5.11 Å². The lowest BCUT2D eigenvalue weighted by atomic mass is 10.00. The minimum atomic E-state index is -0.697. The van der Waals surface area contributed by atoms with Crippen LogP contribution in [0.1, 0.15) is 30.5 Å². The molecule has 1 aromatic carbocycles. The maximum absolute atomic E-state index is 10.2. The van der Waals surface area contributed by atoms with Gasteiger partial charge in [-0.2, -0.15) is 50.5 Å². The van der Waals surface area contributed by atoms with Crippen LogP contribution in [0.25, 0.3) is 0 Å². The SMILES string of the molecule is Cc1cc(C(C)(S)S)c(O)c(C(C)(S)S)c1. The van der Waals surface area contributed by atoms with E-state index in [9.17, 15) is 5.11 Å². The van der Waals surface area contributed by atoms with Crippen LogP contribution < -0.4 is 0 Å². The van der Waals surface area contributed by atoms with Gasteiger partial charge in [0, 0.05) is 11.1 Å². The minimum absolute atomic E-state index is 0.158. The summed E-state index contributed by atoms with van der Waals surface area (Å²) >= 11 is 17.4. The fourth-order valence-electron chi connectivity index (χ4n) is 1.50. The number of thiol groups is 4. The normalized spacial score (nSPS) is 12.9. The van der Waals surface area contributed by atoms with Crippen LogP contribution in [0, 0.1) is 6.92 Å². The molecule has 0 aliphatic carbocycles. The molecule has 0 heterocycles. The van der Waals surface area contributed by atoms with E-state index in [1.807, 2.05) is 32.9 Å². The van der Waals surface area contributed by atoms with Gasteiger partial charge < -0.3 is 5.11 Å². The lowest BCUT2D eigenvalue weighted by Gasteiger charge is -2.25. The van der Waals surface area contributed by atoms with Crippen LogP contribution in [0.4, 0.5) is 0 Å². The number of rotatable bonds is 2. The van der Waals surface area contributed by atoms with Crippen LogP contribution in [0.5, 0.6) is 5.75 Å². The Morgan fingerprint density at radius 3 is 1.50 bits per heavy atom. The molecule has 0 bridgehead atoms. The zero-order chi connectivity index (χ0) is 12.7. The third-order valence-electron chi connectivity index (χ3n) is 2.27. The fourth-order valence-corrected chi connectivity index (χ4v) is 2.18. The second-order valence-corrected chi connectivity index (χ2v) is 8.53. The average Bonchev–Trinajstić information content (AvgIpc) is 2.04.